The van der Waals surface area contributed by atoms with Crippen molar-refractivity contribution < 1.29 is 14.3 Å². The summed E-state index contributed by atoms with van der Waals surface area (Å²) >= 11 is 3.50. The van der Waals surface area contributed by atoms with Gasteiger partial charge in [-0.25, -0.2) is 0 Å². The molecular formula is C22H19BrN2O3. The number of nitrogens with zero attached hydrogens (tertiary/aromatic N) is 1. The Morgan fingerprint density at radius 3 is 2.46 bits per heavy atom. The molecule has 0 radical (unpaired) electrons. The van der Waals surface area contributed by atoms with Crippen LogP contribution in [0.2, 0.25) is 0 Å². The fourth-order valence-corrected chi connectivity index (χ4v) is 3.79. The lowest BCUT2D eigenvalue weighted by Gasteiger charge is -2.38. The predicted molar refractivity (Wildman–Crippen MR) is 113 cm³/mol. The van der Waals surface area contributed by atoms with E-state index >= 15 is 0 Å². The summed E-state index contributed by atoms with van der Waals surface area (Å²) in [5.41, 5.74) is 3.12. The number of carbonyl (C=O) groups excluding carboxylic acids is 1. The topological polar surface area (TPSA) is 50.8 Å². The van der Waals surface area contributed by atoms with Gasteiger partial charge in [0.25, 0.3) is 5.91 Å². The maximum atomic E-state index is 13.4. The molecule has 0 saturated carbocycles. The molecule has 3 aromatic rings. The van der Waals surface area contributed by atoms with Gasteiger partial charge in [0.05, 0.1) is 19.8 Å². The minimum atomic E-state index is -0.392. The molecule has 1 heterocycles. The van der Waals surface area contributed by atoms with Gasteiger partial charge in [0.15, 0.2) is 11.5 Å². The van der Waals surface area contributed by atoms with Crippen LogP contribution < -0.4 is 19.7 Å². The summed E-state index contributed by atoms with van der Waals surface area (Å²) in [5.74, 6) is 1.19. The number of methoxy groups -OCH3 is 2. The summed E-state index contributed by atoms with van der Waals surface area (Å²) in [6, 6.07) is 20.9. The molecule has 1 atom stereocenters. The lowest BCUT2D eigenvalue weighted by molar-refractivity contribution is 0.0975. The van der Waals surface area contributed by atoms with E-state index < -0.39 is 6.17 Å². The highest BCUT2D eigenvalue weighted by molar-refractivity contribution is 9.10. The highest BCUT2D eigenvalue weighted by Crippen LogP contribution is 2.39. The van der Waals surface area contributed by atoms with E-state index in [9.17, 15) is 4.79 Å². The molecular weight excluding hydrogens is 420 g/mol. The van der Waals surface area contributed by atoms with E-state index in [1.54, 1.807) is 19.1 Å². The molecule has 0 unspecified atom stereocenters. The quantitative estimate of drug-likeness (QED) is 0.605. The molecule has 28 heavy (non-hydrogen) atoms. The molecule has 0 fully saturated rings. The van der Waals surface area contributed by atoms with Crippen LogP contribution in [0.4, 0.5) is 11.4 Å². The third kappa shape index (κ3) is 3.20. The Bertz CT molecular complexity index is 1040. The molecule has 5 nitrogen and oxygen atoms in total. The maximum absolute atomic E-state index is 13.4. The molecule has 142 valence electrons. The second-order valence-corrected chi connectivity index (χ2v) is 7.28. The van der Waals surface area contributed by atoms with Gasteiger partial charge in [-0.3, -0.25) is 9.69 Å². The van der Waals surface area contributed by atoms with Gasteiger partial charge in [-0.1, -0.05) is 40.2 Å². The third-order valence-electron chi connectivity index (χ3n) is 4.74. The maximum Gasteiger partial charge on any atom is 0.262 e. The molecule has 0 spiro atoms. The molecule has 1 aliphatic rings. The first-order valence-electron chi connectivity index (χ1n) is 8.79. The van der Waals surface area contributed by atoms with Gasteiger partial charge in [-0.15, -0.1) is 0 Å². The zero-order valence-electron chi connectivity index (χ0n) is 15.5. The average Bonchev–Trinajstić information content (AvgIpc) is 2.73. The zero-order valence-corrected chi connectivity index (χ0v) is 17.1. The summed E-state index contributed by atoms with van der Waals surface area (Å²) in [7, 11) is 3.20. The number of nitrogens with one attached hydrogen (secondary N) is 1. The lowest BCUT2D eigenvalue weighted by atomic mass is 10.0. The van der Waals surface area contributed by atoms with Crippen molar-refractivity contribution in [3.05, 3.63) is 82.3 Å². The smallest absolute Gasteiger partial charge is 0.262 e. The highest BCUT2D eigenvalue weighted by Gasteiger charge is 2.34. The molecule has 6 heteroatoms. The van der Waals surface area contributed by atoms with Crippen LogP contribution in [-0.4, -0.2) is 20.1 Å². The fraction of sp³-hybridized carbons (Fsp3) is 0.136. The van der Waals surface area contributed by atoms with E-state index in [4.69, 9.17) is 9.47 Å². The van der Waals surface area contributed by atoms with E-state index in [1.807, 2.05) is 66.7 Å². The Labute approximate surface area is 172 Å². The van der Waals surface area contributed by atoms with Crippen molar-refractivity contribution in [3.63, 3.8) is 0 Å². The van der Waals surface area contributed by atoms with Crippen LogP contribution in [-0.2, 0) is 0 Å². The van der Waals surface area contributed by atoms with E-state index in [-0.39, 0.29) is 5.91 Å². The molecule has 3 aromatic carbocycles. The average molecular weight is 439 g/mol. The third-order valence-corrected chi connectivity index (χ3v) is 5.23. The van der Waals surface area contributed by atoms with E-state index in [0.29, 0.717) is 17.1 Å². The number of anilines is 2. The van der Waals surface area contributed by atoms with Crippen molar-refractivity contribution in [1.29, 1.82) is 0 Å². The van der Waals surface area contributed by atoms with Crippen molar-refractivity contribution in [2.24, 2.45) is 0 Å². The number of hydrogen-bond donors (Lipinski definition) is 1. The van der Waals surface area contributed by atoms with Crippen LogP contribution in [0.25, 0.3) is 0 Å². The summed E-state index contributed by atoms with van der Waals surface area (Å²) in [6.07, 6.45) is -0.392. The molecule has 0 aliphatic carbocycles. The number of benzene rings is 3. The van der Waals surface area contributed by atoms with Crippen LogP contribution in [0, 0.1) is 0 Å². The van der Waals surface area contributed by atoms with Crippen molar-refractivity contribution in [2.45, 2.75) is 6.17 Å². The number of halogens is 1. The summed E-state index contributed by atoms with van der Waals surface area (Å²) < 4.78 is 11.7. The lowest BCUT2D eigenvalue weighted by Crippen LogP contribution is -2.43. The normalized spacial score (nSPS) is 15.6. The van der Waals surface area contributed by atoms with Crippen LogP contribution in [0.1, 0.15) is 22.1 Å². The van der Waals surface area contributed by atoms with Gasteiger partial charge in [0, 0.05) is 15.8 Å². The minimum Gasteiger partial charge on any atom is -0.493 e. The first-order valence-corrected chi connectivity index (χ1v) is 9.58. The van der Waals surface area contributed by atoms with Crippen molar-refractivity contribution in [3.8, 4) is 11.5 Å². The van der Waals surface area contributed by atoms with Crippen LogP contribution in [0.15, 0.2) is 71.2 Å². The van der Waals surface area contributed by atoms with Crippen LogP contribution in [0.5, 0.6) is 11.5 Å². The van der Waals surface area contributed by atoms with Gasteiger partial charge in [0.1, 0.15) is 6.17 Å². The molecule has 0 saturated heterocycles. The molecule has 4 rings (SSSR count). The van der Waals surface area contributed by atoms with Crippen molar-refractivity contribution in [2.75, 3.05) is 24.4 Å². The molecule has 1 amide bonds. The van der Waals surface area contributed by atoms with Crippen molar-refractivity contribution in [1.82, 2.24) is 0 Å². The molecule has 1 aliphatic heterocycles. The molecule has 0 bridgehead atoms. The zero-order chi connectivity index (χ0) is 19.7. The van der Waals surface area contributed by atoms with E-state index in [0.717, 1.165) is 21.4 Å². The van der Waals surface area contributed by atoms with Crippen LogP contribution in [0.3, 0.4) is 0 Å². The van der Waals surface area contributed by atoms with Gasteiger partial charge in [-0.05, 0) is 48.0 Å². The standard InChI is InChI=1S/C22H19BrN2O3/c1-27-19-11-10-14(12-20(19)28-2)21-24-18-9-4-3-8-17(18)22(26)25(21)16-7-5-6-15(23)13-16/h3-13,21,24H,1-2H3/t21-/m0/s1. The largest absolute Gasteiger partial charge is 0.493 e. The summed E-state index contributed by atoms with van der Waals surface area (Å²) in [6.45, 7) is 0. The van der Waals surface area contributed by atoms with Crippen LogP contribution >= 0.6 is 15.9 Å². The van der Waals surface area contributed by atoms with Gasteiger partial charge in [-0.2, -0.15) is 0 Å². The van der Waals surface area contributed by atoms with E-state index in [1.165, 1.54) is 0 Å². The number of hydrogen-bond acceptors (Lipinski definition) is 4. The van der Waals surface area contributed by atoms with Crippen molar-refractivity contribution >= 4 is 33.2 Å². The first kappa shape index (κ1) is 18.4. The van der Waals surface area contributed by atoms with E-state index in [2.05, 4.69) is 21.2 Å². The van der Waals surface area contributed by atoms with Gasteiger partial charge < -0.3 is 14.8 Å². The number of carbonyl (C=O) groups is 1. The minimum absolute atomic E-state index is 0.0627. The first-order chi connectivity index (χ1) is 13.6. The number of para-hydroxylation sites is 1. The Kier molecular flexibility index (Phi) is 4.96. The summed E-state index contributed by atoms with van der Waals surface area (Å²) in [5, 5.41) is 3.49. The van der Waals surface area contributed by atoms with Gasteiger partial charge >= 0.3 is 0 Å². The second kappa shape index (κ2) is 7.56. The Morgan fingerprint density at radius 2 is 1.71 bits per heavy atom. The van der Waals surface area contributed by atoms with Gasteiger partial charge in [0.2, 0.25) is 0 Å². The molecule has 0 aromatic heterocycles. The SMILES string of the molecule is COc1ccc([C@H]2Nc3ccccc3C(=O)N2c2cccc(Br)c2)cc1OC. The Hall–Kier alpha value is -2.99. The number of fused-ring (bicyclic) bond motifs is 1. The number of ether oxygens (including phenoxy) is 2. The highest BCUT2D eigenvalue weighted by atomic mass is 79.9. The number of rotatable bonds is 4. The summed E-state index contributed by atoms with van der Waals surface area (Å²) in [4.78, 5) is 15.2. The second-order valence-electron chi connectivity index (χ2n) is 6.36. The monoisotopic (exact) mass is 438 g/mol. The predicted octanol–water partition coefficient (Wildman–Crippen LogP) is 5.24. The Balaban J connectivity index is 1.86. The molecule has 1 N–H and O–H groups in total. The fourth-order valence-electron chi connectivity index (χ4n) is 3.40. The number of amides is 1. The Morgan fingerprint density at radius 1 is 0.929 bits per heavy atom.